The Morgan fingerprint density at radius 1 is 1.00 bits per heavy atom. The maximum absolute atomic E-state index is 12.4. The van der Waals surface area contributed by atoms with Gasteiger partial charge in [0.05, 0.1) is 12.2 Å². The molecule has 1 saturated heterocycles. The van der Waals surface area contributed by atoms with Gasteiger partial charge in [0.25, 0.3) is 0 Å². The number of rotatable bonds is 0. The van der Waals surface area contributed by atoms with Gasteiger partial charge in [0.15, 0.2) is 0 Å². The Hall–Kier alpha value is -0.220. The van der Waals surface area contributed by atoms with E-state index < -0.39 is 6.29 Å². The lowest BCUT2D eigenvalue weighted by Gasteiger charge is -2.20. The minimum atomic E-state index is -3.32. The van der Waals surface area contributed by atoms with Gasteiger partial charge in [-0.25, -0.2) is 0 Å². The van der Waals surface area contributed by atoms with Gasteiger partial charge >= 0.3 is 6.29 Å². The van der Waals surface area contributed by atoms with E-state index in [-0.39, 0.29) is 12.2 Å². The van der Waals surface area contributed by atoms with Crippen LogP contribution in [-0.2, 0) is 9.47 Å². The predicted molar refractivity (Wildman–Crippen MR) is 33.2 cm³/mol. The molecular weight excluding hydrogens is 154 g/mol. The van der Waals surface area contributed by atoms with Crippen molar-refractivity contribution in [1.82, 2.24) is 0 Å². The Bertz CT molecular complexity index is 145. The van der Waals surface area contributed by atoms with Crippen molar-refractivity contribution in [2.45, 2.75) is 44.2 Å². The molecule has 0 aromatic carbocycles. The summed E-state index contributed by atoms with van der Waals surface area (Å²) in [5.41, 5.74) is 0. The van der Waals surface area contributed by atoms with E-state index in [1.165, 1.54) is 0 Å². The molecule has 0 bridgehead atoms. The van der Waals surface area contributed by atoms with Crippen LogP contribution in [-0.4, -0.2) is 18.5 Å². The Morgan fingerprint density at radius 3 is 1.91 bits per heavy atom. The molecular formula is C7H10F2O2. The first-order valence-electron chi connectivity index (χ1n) is 3.91. The lowest BCUT2D eigenvalue weighted by Crippen LogP contribution is -2.25. The molecule has 64 valence electrons. The summed E-state index contributed by atoms with van der Waals surface area (Å²) < 4.78 is 33.6. The summed E-state index contributed by atoms with van der Waals surface area (Å²) in [6, 6.07) is 0. The highest BCUT2D eigenvalue weighted by Crippen LogP contribution is 2.38. The fraction of sp³-hybridized carbons (Fsp3) is 1.00. The average molecular weight is 164 g/mol. The first-order valence-corrected chi connectivity index (χ1v) is 3.91. The van der Waals surface area contributed by atoms with Crippen LogP contribution in [0.2, 0.25) is 0 Å². The minimum Gasteiger partial charge on any atom is -0.290 e. The van der Waals surface area contributed by atoms with Crippen molar-refractivity contribution in [3.8, 4) is 0 Å². The van der Waals surface area contributed by atoms with Crippen molar-refractivity contribution in [2.24, 2.45) is 0 Å². The predicted octanol–water partition coefficient (Wildman–Crippen LogP) is 1.89. The summed E-state index contributed by atoms with van der Waals surface area (Å²) in [5, 5.41) is 0. The quantitative estimate of drug-likeness (QED) is 0.544. The van der Waals surface area contributed by atoms with Gasteiger partial charge in [-0.05, 0) is 12.8 Å². The van der Waals surface area contributed by atoms with Gasteiger partial charge in [0.2, 0.25) is 0 Å². The summed E-state index contributed by atoms with van der Waals surface area (Å²) >= 11 is 0. The highest BCUT2D eigenvalue weighted by molar-refractivity contribution is 4.81. The van der Waals surface area contributed by atoms with Gasteiger partial charge in [-0.3, -0.25) is 9.47 Å². The average Bonchev–Trinajstić information content (AvgIpc) is 2.21. The van der Waals surface area contributed by atoms with Crippen molar-refractivity contribution in [3.05, 3.63) is 0 Å². The summed E-state index contributed by atoms with van der Waals surface area (Å²) in [4.78, 5) is 0. The molecule has 2 rings (SSSR count). The first-order chi connectivity index (χ1) is 5.17. The van der Waals surface area contributed by atoms with Gasteiger partial charge in [0, 0.05) is 0 Å². The smallest absolute Gasteiger partial charge is 0.290 e. The first kappa shape index (κ1) is 7.43. The SMILES string of the molecule is FC1(F)OC2CCCCC2O1. The van der Waals surface area contributed by atoms with Crippen molar-refractivity contribution in [1.29, 1.82) is 0 Å². The van der Waals surface area contributed by atoms with Gasteiger partial charge < -0.3 is 0 Å². The van der Waals surface area contributed by atoms with Crippen LogP contribution in [0.4, 0.5) is 8.78 Å². The van der Waals surface area contributed by atoms with Crippen LogP contribution in [0.15, 0.2) is 0 Å². The Morgan fingerprint density at radius 2 is 1.45 bits per heavy atom. The molecule has 2 unspecified atom stereocenters. The molecule has 0 spiro atoms. The van der Waals surface area contributed by atoms with E-state index in [9.17, 15) is 8.78 Å². The number of hydrogen-bond donors (Lipinski definition) is 0. The molecule has 0 radical (unpaired) electrons. The number of alkyl halides is 2. The van der Waals surface area contributed by atoms with Crippen LogP contribution in [0.3, 0.4) is 0 Å². The van der Waals surface area contributed by atoms with Gasteiger partial charge in [-0.2, -0.15) is 0 Å². The molecule has 0 aromatic heterocycles. The maximum atomic E-state index is 12.4. The third-order valence-corrected chi connectivity index (χ3v) is 2.22. The molecule has 4 heteroatoms. The van der Waals surface area contributed by atoms with Gasteiger partial charge in [-0.15, -0.1) is 8.78 Å². The zero-order valence-electron chi connectivity index (χ0n) is 6.06. The van der Waals surface area contributed by atoms with Crippen LogP contribution in [0.25, 0.3) is 0 Å². The summed E-state index contributed by atoms with van der Waals surface area (Å²) in [6.45, 7) is 0. The van der Waals surface area contributed by atoms with E-state index in [1.807, 2.05) is 0 Å². The summed E-state index contributed by atoms with van der Waals surface area (Å²) in [6.07, 6.45) is -0.681. The monoisotopic (exact) mass is 164 g/mol. The van der Waals surface area contributed by atoms with Gasteiger partial charge in [-0.1, -0.05) is 12.8 Å². The van der Waals surface area contributed by atoms with Crippen molar-refractivity contribution < 1.29 is 18.3 Å². The fourth-order valence-corrected chi connectivity index (χ4v) is 1.71. The molecule has 11 heavy (non-hydrogen) atoms. The molecule has 2 atom stereocenters. The summed E-state index contributed by atoms with van der Waals surface area (Å²) in [5.74, 6) is 0. The van der Waals surface area contributed by atoms with Crippen LogP contribution < -0.4 is 0 Å². The zero-order valence-corrected chi connectivity index (χ0v) is 6.06. The maximum Gasteiger partial charge on any atom is 0.486 e. The zero-order chi connectivity index (χ0) is 7.90. The largest absolute Gasteiger partial charge is 0.486 e. The molecule has 0 N–H and O–H groups in total. The van der Waals surface area contributed by atoms with E-state index in [2.05, 4.69) is 9.47 Å². The molecule has 1 aliphatic heterocycles. The lowest BCUT2D eigenvalue weighted by molar-refractivity contribution is -0.351. The second kappa shape index (κ2) is 2.38. The molecule has 0 amide bonds. The molecule has 1 heterocycles. The summed E-state index contributed by atoms with van der Waals surface area (Å²) in [7, 11) is 0. The molecule has 2 aliphatic rings. The number of halogens is 2. The van der Waals surface area contributed by atoms with E-state index >= 15 is 0 Å². The number of hydrogen-bond acceptors (Lipinski definition) is 2. The Balaban J connectivity index is 2.03. The second-order valence-electron chi connectivity index (χ2n) is 3.06. The standard InChI is InChI=1S/C7H10F2O2/c8-7(9)10-5-3-1-2-4-6(5)11-7/h5-6H,1-4H2. The van der Waals surface area contributed by atoms with Gasteiger partial charge in [0.1, 0.15) is 0 Å². The second-order valence-corrected chi connectivity index (χ2v) is 3.06. The molecule has 2 fully saturated rings. The third kappa shape index (κ3) is 1.37. The number of ether oxygens (including phenoxy) is 2. The molecule has 1 aliphatic carbocycles. The van der Waals surface area contributed by atoms with Crippen LogP contribution >= 0.6 is 0 Å². The lowest BCUT2D eigenvalue weighted by atomic mass is 9.95. The molecule has 2 nitrogen and oxygen atoms in total. The van der Waals surface area contributed by atoms with E-state index in [4.69, 9.17) is 0 Å². The van der Waals surface area contributed by atoms with Crippen molar-refractivity contribution in [2.75, 3.05) is 0 Å². The normalized spacial score (nSPS) is 42.0. The van der Waals surface area contributed by atoms with E-state index in [0.717, 1.165) is 12.8 Å². The van der Waals surface area contributed by atoms with Crippen molar-refractivity contribution in [3.63, 3.8) is 0 Å². The topological polar surface area (TPSA) is 18.5 Å². The van der Waals surface area contributed by atoms with Crippen LogP contribution in [0, 0.1) is 0 Å². The van der Waals surface area contributed by atoms with E-state index in [1.54, 1.807) is 0 Å². The highest BCUT2D eigenvalue weighted by atomic mass is 19.3. The van der Waals surface area contributed by atoms with Crippen molar-refractivity contribution >= 4 is 0 Å². The highest BCUT2D eigenvalue weighted by Gasteiger charge is 2.49. The fourth-order valence-electron chi connectivity index (χ4n) is 1.71. The molecule has 0 aromatic rings. The van der Waals surface area contributed by atoms with Crippen LogP contribution in [0.5, 0.6) is 0 Å². The Kier molecular flexibility index (Phi) is 1.61. The molecule has 1 saturated carbocycles. The van der Waals surface area contributed by atoms with Crippen LogP contribution in [0.1, 0.15) is 25.7 Å². The number of fused-ring (bicyclic) bond motifs is 1. The third-order valence-electron chi connectivity index (χ3n) is 2.22. The minimum absolute atomic E-state index is 0.362. The van der Waals surface area contributed by atoms with E-state index in [0.29, 0.717) is 12.8 Å². The Labute approximate surface area is 63.5 Å².